The maximum absolute atomic E-state index is 13.9. The number of benzene rings is 1. The summed E-state index contributed by atoms with van der Waals surface area (Å²) < 4.78 is 40.3. The molecule has 11 heteroatoms. The molecule has 29 heavy (non-hydrogen) atoms. The molecule has 0 aliphatic carbocycles. The summed E-state index contributed by atoms with van der Waals surface area (Å²) >= 11 is 0. The van der Waals surface area contributed by atoms with Gasteiger partial charge >= 0.3 is 11.8 Å². The monoisotopic (exact) mass is 426 g/mol. The lowest BCUT2D eigenvalue weighted by Crippen LogP contribution is -2.58. The van der Waals surface area contributed by atoms with Crippen LogP contribution in [0.1, 0.15) is 6.92 Å². The molecule has 0 unspecified atom stereocenters. The Morgan fingerprint density at radius 1 is 0.966 bits per heavy atom. The van der Waals surface area contributed by atoms with E-state index in [1.807, 2.05) is 0 Å². The number of halogens is 1. The molecule has 2 aliphatic heterocycles. The van der Waals surface area contributed by atoms with Crippen LogP contribution in [0, 0.1) is 5.82 Å². The number of piperazine rings is 2. The highest BCUT2D eigenvalue weighted by Gasteiger charge is 2.35. The summed E-state index contributed by atoms with van der Waals surface area (Å²) in [5, 5.41) is 0. The molecule has 9 nitrogen and oxygen atoms in total. The first-order valence-corrected chi connectivity index (χ1v) is 10.8. The first kappa shape index (κ1) is 21.2. The molecule has 2 fully saturated rings. The smallest absolute Gasteiger partial charge is 0.312 e. The number of amides is 3. The maximum Gasteiger partial charge on any atom is 0.312 e. The Hall–Kier alpha value is -2.53. The number of rotatable bonds is 5. The largest absolute Gasteiger partial charge is 0.339 e. The highest BCUT2D eigenvalue weighted by atomic mass is 32.2. The molecule has 3 rings (SSSR count). The van der Waals surface area contributed by atoms with Crippen LogP contribution in [-0.4, -0.2) is 97.5 Å². The van der Waals surface area contributed by atoms with E-state index in [0.29, 0.717) is 13.1 Å². The van der Waals surface area contributed by atoms with Crippen LogP contribution in [0.25, 0.3) is 0 Å². The van der Waals surface area contributed by atoms with Crippen LogP contribution in [0.5, 0.6) is 0 Å². The van der Waals surface area contributed by atoms with Crippen molar-refractivity contribution in [2.45, 2.75) is 11.8 Å². The molecule has 1 aromatic rings. The van der Waals surface area contributed by atoms with Crippen molar-refractivity contribution in [1.82, 2.24) is 19.0 Å². The van der Waals surface area contributed by atoms with Gasteiger partial charge < -0.3 is 14.7 Å². The number of nitrogens with zero attached hydrogens (tertiary/aromatic N) is 4. The highest BCUT2D eigenvalue weighted by Crippen LogP contribution is 2.20. The zero-order valence-electron chi connectivity index (χ0n) is 16.1. The Morgan fingerprint density at radius 2 is 1.55 bits per heavy atom. The van der Waals surface area contributed by atoms with Crippen molar-refractivity contribution < 1.29 is 27.2 Å². The number of carbonyl (C=O) groups is 3. The first-order chi connectivity index (χ1) is 13.8. The van der Waals surface area contributed by atoms with Gasteiger partial charge in [-0.2, -0.15) is 4.31 Å². The van der Waals surface area contributed by atoms with Gasteiger partial charge in [0.15, 0.2) is 0 Å². The molecule has 2 heterocycles. The molecule has 158 valence electrons. The van der Waals surface area contributed by atoms with Gasteiger partial charge in [0.2, 0.25) is 15.9 Å². The van der Waals surface area contributed by atoms with E-state index < -0.39 is 32.6 Å². The molecular weight excluding hydrogens is 403 g/mol. The molecule has 1 aromatic carbocycles. The molecule has 0 radical (unpaired) electrons. The first-order valence-electron chi connectivity index (χ1n) is 9.36. The molecule has 0 N–H and O–H groups in total. The van der Waals surface area contributed by atoms with Crippen LogP contribution in [0.15, 0.2) is 29.2 Å². The zero-order chi connectivity index (χ0) is 21.2. The average molecular weight is 426 g/mol. The lowest BCUT2D eigenvalue weighted by atomic mass is 10.2. The third kappa shape index (κ3) is 4.25. The van der Waals surface area contributed by atoms with E-state index in [1.54, 1.807) is 6.92 Å². The molecular formula is C18H23FN4O5S. The van der Waals surface area contributed by atoms with Crippen molar-refractivity contribution in [3.63, 3.8) is 0 Å². The number of likely N-dealkylation sites (N-methyl/N-ethyl adjacent to an activating group) is 1. The number of sulfonamides is 1. The second-order valence-corrected chi connectivity index (χ2v) is 8.73. The van der Waals surface area contributed by atoms with Gasteiger partial charge in [0.05, 0.1) is 0 Å². The molecule has 0 aromatic heterocycles. The predicted octanol–water partition coefficient (Wildman–Crippen LogP) is -0.651. The summed E-state index contributed by atoms with van der Waals surface area (Å²) in [6.07, 6.45) is 0. The lowest BCUT2D eigenvalue weighted by Gasteiger charge is -2.37. The van der Waals surface area contributed by atoms with Gasteiger partial charge in [-0.15, -0.1) is 0 Å². The average Bonchev–Trinajstić information content (AvgIpc) is 2.72. The minimum absolute atomic E-state index is 0.0267. The Labute approximate surface area is 168 Å². The minimum atomic E-state index is -3.99. The molecule has 0 atom stereocenters. The van der Waals surface area contributed by atoms with E-state index in [-0.39, 0.29) is 45.2 Å². The van der Waals surface area contributed by atoms with Gasteiger partial charge in [-0.25, -0.2) is 12.8 Å². The van der Waals surface area contributed by atoms with Crippen molar-refractivity contribution in [2.24, 2.45) is 0 Å². The molecule has 0 bridgehead atoms. The summed E-state index contributed by atoms with van der Waals surface area (Å²) in [6.45, 7) is 2.97. The van der Waals surface area contributed by atoms with Crippen molar-refractivity contribution >= 4 is 27.7 Å². The maximum atomic E-state index is 13.9. The zero-order valence-corrected chi connectivity index (χ0v) is 16.9. The third-order valence-corrected chi connectivity index (χ3v) is 7.08. The predicted molar refractivity (Wildman–Crippen MR) is 101 cm³/mol. The van der Waals surface area contributed by atoms with E-state index >= 15 is 0 Å². The van der Waals surface area contributed by atoms with Crippen LogP contribution in [-0.2, 0) is 24.4 Å². The second kappa shape index (κ2) is 8.46. The summed E-state index contributed by atoms with van der Waals surface area (Å²) in [4.78, 5) is 40.3. The summed E-state index contributed by atoms with van der Waals surface area (Å²) in [5.41, 5.74) is 0. The van der Waals surface area contributed by atoms with Gasteiger partial charge in [-0.05, 0) is 19.1 Å². The van der Waals surface area contributed by atoms with Gasteiger partial charge in [-0.3, -0.25) is 14.4 Å². The van der Waals surface area contributed by atoms with E-state index in [9.17, 15) is 27.2 Å². The van der Waals surface area contributed by atoms with E-state index in [1.165, 1.54) is 32.9 Å². The normalized spacial score (nSPS) is 19.0. The second-order valence-electron chi connectivity index (χ2n) is 6.83. The fraction of sp³-hybridized carbons (Fsp3) is 0.500. The van der Waals surface area contributed by atoms with Crippen LogP contribution in [0.3, 0.4) is 0 Å². The van der Waals surface area contributed by atoms with Crippen LogP contribution in [0.2, 0.25) is 0 Å². The standard InChI is InChI=1S/C18H23FN4O5S/c1-2-20-7-8-22(18(26)17(20)25)13-16(24)21-9-11-23(12-10-21)29(27,28)15-6-4-3-5-14(15)19/h3-6H,2,7-13H2,1H3. The van der Waals surface area contributed by atoms with Crippen molar-refractivity contribution in [1.29, 1.82) is 0 Å². The van der Waals surface area contributed by atoms with E-state index in [4.69, 9.17) is 0 Å². The van der Waals surface area contributed by atoms with Crippen molar-refractivity contribution in [2.75, 3.05) is 52.4 Å². The Bertz CT molecular complexity index is 915. The van der Waals surface area contributed by atoms with Crippen LogP contribution < -0.4 is 0 Å². The van der Waals surface area contributed by atoms with Gasteiger partial charge in [0, 0.05) is 45.8 Å². The SMILES string of the molecule is CCN1CCN(CC(=O)N2CCN(S(=O)(=O)c3ccccc3F)CC2)C(=O)C1=O. The fourth-order valence-electron chi connectivity index (χ4n) is 3.40. The van der Waals surface area contributed by atoms with Gasteiger partial charge in [0.1, 0.15) is 17.3 Å². The van der Waals surface area contributed by atoms with Crippen LogP contribution >= 0.6 is 0 Å². The molecule has 2 saturated heterocycles. The molecule has 3 amide bonds. The van der Waals surface area contributed by atoms with Gasteiger partial charge in [-0.1, -0.05) is 12.1 Å². The quantitative estimate of drug-likeness (QED) is 0.583. The van der Waals surface area contributed by atoms with Crippen molar-refractivity contribution in [3.05, 3.63) is 30.1 Å². The molecule has 0 spiro atoms. The highest BCUT2D eigenvalue weighted by molar-refractivity contribution is 7.89. The summed E-state index contributed by atoms with van der Waals surface area (Å²) in [6, 6.07) is 5.16. The van der Waals surface area contributed by atoms with Crippen LogP contribution in [0.4, 0.5) is 4.39 Å². The number of hydrogen-bond acceptors (Lipinski definition) is 5. The summed E-state index contributed by atoms with van der Waals surface area (Å²) in [7, 11) is -3.99. The number of carbonyl (C=O) groups excluding carboxylic acids is 3. The fourth-order valence-corrected chi connectivity index (χ4v) is 4.89. The third-order valence-electron chi connectivity index (χ3n) is 5.15. The number of hydrogen-bond donors (Lipinski definition) is 0. The lowest BCUT2D eigenvalue weighted by molar-refractivity contribution is -0.157. The minimum Gasteiger partial charge on any atom is -0.339 e. The van der Waals surface area contributed by atoms with Crippen molar-refractivity contribution in [3.8, 4) is 0 Å². The Morgan fingerprint density at radius 3 is 2.17 bits per heavy atom. The molecule has 0 saturated carbocycles. The van der Waals surface area contributed by atoms with Gasteiger partial charge in [0.25, 0.3) is 0 Å². The Kier molecular flexibility index (Phi) is 6.18. The summed E-state index contributed by atoms with van der Waals surface area (Å²) in [5.74, 6) is -2.49. The molecule has 2 aliphatic rings. The van der Waals surface area contributed by atoms with E-state index in [2.05, 4.69) is 0 Å². The topological polar surface area (TPSA) is 98.3 Å². The Balaban J connectivity index is 1.58. The van der Waals surface area contributed by atoms with E-state index in [0.717, 1.165) is 10.4 Å².